The van der Waals surface area contributed by atoms with Gasteiger partial charge in [0.05, 0.1) is 23.6 Å². The first kappa shape index (κ1) is 19.0. The Balaban J connectivity index is 1.91. The minimum absolute atomic E-state index is 0.0930. The highest BCUT2D eigenvalue weighted by atomic mass is 35.5. The van der Waals surface area contributed by atoms with E-state index in [4.69, 9.17) is 16.3 Å². The number of amides is 1. The first-order chi connectivity index (χ1) is 11.1. The normalized spacial score (nSPS) is 24.7. The zero-order valence-corrected chi connectivity index (χ0v) is 14.3. The van der Waals surface area contributed by atoms with Crippen molar-refractivity contribution in [1.82, 2.24) is 0 Å². The highest BCUT2D eigenvalue weighted by molar-refractivity contribution is 6.31. The van der Waals surface area contributed by atoms with Gasteiger partial charge in [-0.05, 0) is 32.0 Å². The van der Waals surface area contributed by atoms with Gasteiger partial charge in [0, 0.05) is 5.69 Å². The van der Waals surface area contributed by atoms with Gasteiger partial charge in [-0.1, -0.05) is 11.6 Å². The number of quaternary nitrogens is 1. The molecule has 4 nitrogen and oxygen atoms in total. The molecule has 1 aromatic rings. The highest BCUT2D eigenvalue weighted by Crippen LogP contribution is 2.36. The van der Waals surface area contributed by atoms with Gasteiger partial charge in [-0.15, -0.1) is 0 Å². The Bertz CT molecular complexity index is 585. The Kier molecular flexibility index (Phi) is 6.11. The third-order valence-electron chi connectivity index (χ3n) is 3.88. The third kappa shape index (κ3) is 5.36. The second-order valence-corrected chi connectivity index (χ2v) is 6.56. The molecule has 0 saturated carbocycles. The quantitative estimate of drug-likeness (QED) is 0.860. The molecule has 2 rings (SSSR count). The molecule has 1 heterocycles. The number of hydrogen-bond donors (Lipinski definition) is 2. The van der Waals surface area contributed by atoms with E-state index in [-0.39, 0.29) is 35.2 Å². The van der Waals surface area contributed by atoms with Crippen molar-refractivity contribution >= 4 is 23.2 Å². The average molecular weight is 366 g/mol. The number of carbonyl (C=O) groups excluding carboxylic acids is 1. The number of alkyl halides is 3. The topological polar surface area (TPSA) is 42.8 Å². The van der Waals surface area contributed by atoms with Crippen LogP contribution in [0.2, 0.25) is 5.02 Å². The van der Waals surface area contributed by atoms with Crippen LogP contribution >= 0.6 is 11.6 Å². The number of rotatable bonds is 4. The smallest absolute Gasteiger partial charge is 0.364 e. The van der Waals surface area contributed by atoms with E-state index in [9.17, 15) is 18.0 Å². The van der Waals surface area contributed by atoms with Gasteiger partial charge in [-0.2, -0.15) is 13.2 Å². The van der Waals surface area contributed by atoms with Gasteiger partial charge in [-0.25, -0.2) is 0 Å². The third-order valence-corrected chi connectivity index (χ3v) is 4.21. The minimum Gasteiger partial charge on any atom is -0.364 e. The monoisotopic (exact) mass is 365 g/mol. The summed E-state index contributed by atoms with van der Waals surface area (Å²) in [5, 5.41) is 2.11. The maximum absolute atomic E-state index is 12.8. The van der Waals surface area contributed by atoms with Crippen LogP contribution in [0.25, 0.3) is 0 Å². The minimum atomic E-state index is -4.55. The largest absolute Gasteiger partial charge is 0.417 e. The number of hydrogen-bond acceptors (Lipinski definition) is 2. The Hall–Kier alpha value is -1.31. The van der Waals surface area contributed by atoms with E-state index in [1.54, 1.807) is 0 Å². The molecule has 1 aromatic carbocycles. The molecule has 1 saturated heterocycles. The molecule has 8 heteroatoms. The van der Waals surface area contributed by atoms with Crippen molar-refractivity contribution < 1.29 is 27.6 Å². The molecule has 2 N–H and O–H groups in total. The molecular formula is C16H21ClF3N2O2+. The van der Waals surface area contributed by atoms with Crippen LogP contribution in [0.4, 0.5) is 18.9 Å². The van der Waals surface area contributed by atoms with Crippen molar-refractivity contribution in [3.63, 3.8) is 0 Å². The molecule has 0 aromatic heterocycles. The average Bonchev–Trinajstić information content (AvgIpc) is 2.45. The fourth-order valence-electron chi connectivity index (χ4n) is 2.93. The fraction of sp³-hybridized carbons (Fsp3) is 0.562. The molecule has 1 aliphatic rings. The number of benzene rings is 1. The van der Waals surface area contributed by atoms with Crippen LogP contribution in [0, 0.1) is 0 Å². The summed E-state index contributed by atoms with van der Waals surface area (Å²) in [6.45, 7) is 6.22. The van der Waals surface area contributed by atoms with Crippen LogP contribution in [-0.2, 0) is 15.7 Å². The summed E-state index contributed by atoms with van der Waals surface area (Å²) < 4.78 is 44.1. The molecule has 0 aliphatic carbocycles. The van der Waals surface area contributed by atoms with Gasteiger partial charge in [0.15, 0.2) is 0 Å². The van der Waals surface area contributed by atoms with Crippen LogP contribution in [0.3, 0.4) is 0 Å². The number of nitrogens with one attached hydrogen (secondary N) is 2. The second kappa shape index (κ2) is 7.72. The van der Waals surface area contributed by atoms with Gasteiger partial charge in [0.2, 0.25) is 5.91 Å². The Morgan fingerprint density at radius 1 is 1.33 bits per heavy atom. The summed E-state index contributed by atoms with van der Waals surface area (Å²) in [5.41, 5.74) is -0.862. The summed E-state index contributed by atoms with van der Waals surface area (Å²) in [5.74, 6) is -0.315. The number of ether oxygens (including phenoxy) is 1. The highest BCUT2D eigenvalue weighted by Gasteiger charge is 2.33. The van der Waals surface area contributed by atoms with Crippen molar-refractivity contribution in [2.45, 2.75) is 38.7 Å². The van der Waals surface area contributed by atoms with Crippen LogP contribution < -0.4 is 10.2 Å². The summed E-state index contributed by atoms with van der Waals surface area (Å²) >= 11 is 5.56. The van der Waals surface area contributed by atoms with E-state index in [1.165, 1.54) is 11.0 Å². The van der Waals surface area contributed by atoms with Crippen LogP contribution in [0.1, 0.15) is 25.8 Å². The fourth-order valence-corrected chi connectivity index (χ4v) is 3.15. The molecule has 0 spiro atoms. The number of anilines is 1. The lowest BCUT2D eigenvalue weighted by Gasteiger charge is -2.32. The van der Waals surface area contributed by atoms with Gasteiger partial charge in [0.25, 0.3) is 0 Å². The molecule has 1 fully saturated rings. The van der Waals surface area contributed by atoms with Crippen LogP contribution in [0.5, 0.6) is 0 Å². The van der Waals surface area contributed by atoms with Gasteiger partial charge in [-0.3, -0.25) is 4.79 Å². The lowest BCUT2D eigenvalue weighted by atomic mass is 10.2. The SMILES string of the molecule is C[C@H]1C[NH+](CCC(=O)Nc2ccc(Cl)c(C(F)(F)F)c2)C[C@H](C)O1. The van der Waals surface area contributed by atoms with Crippen molar-refractivity contribution in [2.75, 3.05) is 25.0 Å². The van der Waals surface area contributed by atoms with Crippen molar-refractivity contribution in [1.29, 1.82) is 0 Å². The maximum atomic E-state index is 12.8. The zero-order chi connectivity index (χ0) is 17.9. The second-order valence-electron chi connectivity index (χ2n) is 6.16. The number of morpholine rings is 1. The summed E-state index contributed by atoms with van der Waals surface area (Å²) in [6.07, 6.45) is -4.05. The van der Waals surface area contributed by atoms with Crippen molar-refractivity contribution in [3.05, 3.63) is 28.8 Å². The molecular weight excluding hydrogens is 345 g/mol. The lowest BCUT2D eigenvalue weighted by Crippen LogP contribution is -3.15. The first-order valence-corrected chi connectivity index (χ1v) is 8.18. The molecule has 0 radical (unpaired) electrons. The molecule has 2 atom stereocenters. The van der Waals surface area contributed by atoms with E-state index in [2.05, 4.69) is 5.32 Å². The number of carbonyl (C=O) groups is 1. The van der Waals surface area contributed by atoms with Gasteiger partial charge < -0.3 is 15.0 Å². The first-order valence-electron chi connectivity index (χ1n) is 7.80. The molecule has 134 valence electrons. The van der Waals surface area contributed by atoms with Crippen molar-refractivity contribution in [3.8, 4) is 0 Å². The van der Waals surface area contributed by atoms with E-state index in [0.29, 0.717) is 6.54 Å². The van der Waals surface area contributed by atoms with E-state index < -0.39 is 11.7 Å². The maximum Gasteiger partial charge on any atom is 0.417 e. The van der Waals surface area contributed by atoms with Crippen molar-refractivity contribution in [2.24, 2.45) is 0 Å². The standard InChI is InChI=1S/C16H20ClF3N2O2/c1-10-8-22(9-11(2)24-10)6-5-15(23)21-12-3-4-14(17)13(7-12)16(18,19)20/h3-4,7,10-11H,5-6,8-9H2,1-2H3,(H,21,23)/p+1/t10-,11-/m0/s1. The summed E-state index contributed by atoms with van der Waals surface area (Å²) in [7, 11) is 0. The van der Waals surface area contributed by atoms with E-state index in [1.807, 2.05) is 13.8 Å². The zero-order valence-electron chi connectivity index (χ0n) is 13.5. The van der Waals surface area contributed by atoms with Gasteiger partial charge in [0.1, 0.15) is 25.3 Å². The molecule has 24 heavy (non-hydrogen) atoms. The van der Waals surface area contributed by atoms with Crippen LogP contribution in [0.15, 0.2) is 18.2 Å². The lowest BCUT2D eigenvalue weighted by molar-refractivity contribution is -0.914. The Labute approximate surface area is 143 Å². The van der Waals surface area contributed by atoms with Gasteiger partial charge >= 0.3 is 6.18 Å². The molecule has 0 unspecified atom stereocenters. The number of halogens is 4. The molecule has 1 aliphatic heterocycles. The molecule has 0 bridgehead atoms. The van der Waals surface area contributed by atoms with E-state index >= 15 is 0 Å². The molecule has 1 amide bonds. The summed E-state index contributed by atoms with van der Waals surface area (Å²) in [6, 6.07) is 3.35. The Morgan fingerprint density at radius 2 is 1.96 bits per heavy atom. The Morgan fingerprint density at radius 3 is 2.54 bits per heavy atom. The summed E-state index contributed by atoms with van der Waals surface area (Å²) in [4.78, 5) is 13.2. The predicted molar refractivity (Wildman–Crippen MR) is 85.3 cm³/mol. The van der Waals surface area contributed by atoms with Crippen LogP contribution in [-0.4, -0.2) is 37.7 Å². The van der Waals surface area contributed by atoms with E-state index in [0.717, 1.165) is 25.2 Å². The predicted octanol–water partition coefficient (Wildman–Crippen LogP) is 2.38.